The predicted molar refractivity (Wildman–Crippen MR) is 81.6 cm³/mol. The van der Waals surface area contributed by atoms with Crippen molar-refractivity contribution in [3.05, 3.63) is 42.5 Å². The van der Waals surface area contributed by atoms with Crippen LogP contribution in [0.15, 0.2) is 12.1 Å². The topological polar surface area (TPSA) is 133 Å². The minimum atomic E-state index is -0.870. The lowest BCUT2D eigenvalue weighted by atomic mass is 9.91. The van der Waals surface area contributed by atoms with E-state index >= 15 is 0 Å². The van der Waals surface area contributed by atoms with Gasteiger partial charge in [-0.05, 0) is 18.3 Å². The summed E-state index contributed by atoms with van der Waals surface area (Å²) in [5.74, 6) is 0.432. The largest absolute Gasteiger partial charge is 0.360 e. The zero-order valence-electron chi connectivity index (χ0n) is 12.7. The molecule has 2 rings (SSSR count). The van der Waals surface area contributed by atoms with Crippen molar-refractivity contribution < 1.29 is 14.8 Å². The maximum absolute atomic E-state index is 11.3. The van der Waals surface area contributed by atoms with Crippen molar-refractivity contribution in [1.29, 1.82) is 0 Å². The lowest BCUT2D eigenvalue weighted by molar-refractivity contribution is -0.402. The molecule has 1 aromatic rings. The Kier molecular flexibility index (Phi) is 4.43. The summed E-state index contributed by atoms with van der Waals surface area (Å²) in [7, 11) is 0. The van der Waals surface area contributed by atoms with Crippen LogP contribution in [0.25, 0.3) is 0 Å². The summed E-state index contributed by atoms with van der Waals surface area (Å²) < 4.78 is 0. The third-order valence-corrected chi connectivity index (χ3v) is 3.84. The second-order valence-electron chi connectivity index (χ2n) is 5.95. The molecule has 10 heteroatoms. The Balaban J connectivity index is 2.66. The Labute approximate surface area is 131 Å². The van der Waals surface area contributed by atoms with Crippen LogP contribution in [0.4, 0.5) is 22.7 Å². The fourth-order valence-electron chi connectivity index (χ4n) is 3.14. The van der Waals surface area contributed by atoms with Crippen molar-refractivity contribution in [3.63, 3.8) is 0 Å². The van der Waals surface area contributed by atoms with Crippen LogP contribution in [0.2, 0.25) is 0 Å². The molecule has 0 amide bonds. The molecule has 1 heterocycles. The third kappa shape index (κ3) is 3.35. The first-order valence-electron chi connectivity index (χ1n) is 7.06. The van der Waals surface area contributed by atoms with E-state index in [1.54, 1.807) is 4.90 Å². The number of non-ortho nitro benzene ring substituents is 1. The summed E-state index contributed by atoms with van der Waals surface area (Å²) >= 11 is 0. The Hall–Kier alpha value is -2.78. The lowest BCUT2D eigenvalue weighted by Gasteiger charge is -2.35. The van der Waals surface area contributed by atoms with E-state index in [1.165, 1.54) is 0 Å². The monoisotopic (exact) mass is 324 g/mol. The van der Waals surface area contributed by atoms with E-state index in [0.717, 1.165) is 18.6 Å². The maximum Gasteiger partial charge on any atom is 0.306 e. The number of nitrogens with zero attached hydrogens (tertiary/aromatic N) is 4. The summed E-state index contributed by atoms with van der Waals surface area (Å²) in [6.45, 7) is 4.80. The second kappa shape index (κ2) is 6.15. The second-order valence-corrected chi connectivity index (χ2v) is 5.95. The number of benzene rings is 1. The average molecular weight is 324 g/mol. The van der Waals surface area contributed by atoms with Gasteiger partial charge in [-0.2, -0.15) is 0 Å². The van der Waals surface area contributed by atoms with Gasteiger partial charge in [-0.15, -0.1) is 0 Å². The zero-order chi connectivity index (χ0) is 17.3. The van der Waals surface area contributed by atoms with E-state index in [4.69, 9.17) is 0 Å². The molecule has 1 fully saturated rings. The Morgan fingerprint density at radius 3 is 1.70 bits per heavy atom. The minimum Gasteiger partial charge on any atom is -0.360 e. The maximum atomic E-state index is 11.3. The number of nitro benzene ring substituents is 3. The number of piperidine rings is 1. The smallest absolute Gasteiger partial charge is 0.306 e. The highest BCUT2D eigenvalue weighted by Crippen LogP contribution is 2.42. The van der Waals surface area contributed by atoms with Gasteiger partial charge >= 0.3 is 11.4 Å². The van der Waals surface area contributed by atoms with E-state index in [0.29, 0.717) is 13.1 Å². The number of hydrogen-bond acceptors (Lipinski definition) is 7. The fourth-order valence-corrected chi connectivity index (χ4v) is 3.14. The highest BCUT2D eigenvalue weighted by atomic mass is 16.6. The number of nitro groups is 3. The summed E-state index contributed by atoms with van der Waals surface area (Å²) in [5, 5.41) is 33.5. The normalized spacial score (nSPS) is 21.0. The lowest BCUT2D eigenvalue weighted by Crippen LogP contribution is -2.39. The molecule has 23 heavy (non-hydrogen) atoms. The van der Waals surface area contributed by atoms with Crippen LogP contribution in [-0.2, 0) is 0 Å². The first kappa shape index (κ1) is 16.6. The van der Waals surface area contributed by atoms with Gasteiger partial charge in [0.05, 0.1) is 26.9 Å². The highest BCUT2D eigenvalue weighted by Gasteiger charge is 2.36. The molecule has 0 saturated carbocycles. The molecule has 1 aliphatic heterocycles. The first-order valence-corrected chi connectivity index (χ1v) is 7.06. The number of anilines is 1. The molecule has 124 valence electrons. The summed E-state index contributed by atoms with van der Waals surface area (Å²) in [6.07, 6.45) is 0.922. The van der Waals surface area contributed by atoms with E-state index in [9.17, 15) is 30.3 Å². The van der Waals surface area contributed by atoms with Crippen LogP contribution in [0, 0.1) is 42.2 Å². The summed E-state index contributed by atoms with van der Waals surface area (Å²) in [4.78, 5) is 32.6. The standard InChI is InChI=1S/C13H16N4O6/c1-8-3-9(2)7-14(6-8)13-11(16(20)21)4-10(15(18)19)5-12(13)17(22)23/h4-5,8-9H,3,6-7H2,1-2H3/t8-,9-/m1/s1. The van der Waals surface area contributed by atoms with Gasteiger partial charge in [-0.25, -0.2) is 0 Å². The van der Waals surface area contributed by atoms with E-state index in [2.05, 4.69) is 0 Å². The van der Waals surface area contributed by atoms with E-state index in [1.807, 2.05) is 13.8 Å². The molecule has 0 N–H and O–H groups in total. The van der Waals surface area contributed by atoms with Gasteiger partial charge in [0, 0.05) is 13.1 Å². The van der Waals surface area contributed by atoms with Crippen molar-refractivity contribution >= 4 is 22.7 Å². The predicted octanol–water partition coefficient (Wildman–Crippen LogP) is 2.89. The quantitative estimate of drug-likeness (QED) is 0.614. The van der Waals surface area contributed by atoms with Gasteiger partial charge in [0.25, 0.3) is 5.69 Å². The van der Waals surface area contributed by atoms with Crippen molar-refractivity contribution in [2.75, 3.05) is 18.0 Å². The molecule has 0 aromatic heterocycles. The molecule has 1 saturated heterocycles. The molecule has 1 aromatic carbocycles. The molecule has 0 unspecified atom stereocenters. The van der Waals surface area contributed by atoms with Gasteiger partial charge in [0.15, 0.2) is 5.69 Å². The molecule has 0 radical (unpaired) electrons. The van der Waals surface area contributed by atoms with Gasteiger partial charge in [0.2, 0.25) is 0 Å². The summed E-state index contributed by atoms with van der Waals surface area (Å²) in [6, 6.07) is 1.57. The number of rotatable bonds is 4. The van der Waals surface area contributed by atoms with Crippen molar-refractivity contribution in [2.24, 2.45) is 11.8 Å². The molecule has 0 spiro atoms. The van der Waals surface area contributed by atoms with Gasteiger partial charge < -0.3 is 4.90 Å². The third-order valence-electron chi connectivity index (χ3n) is 3.84. The highest BCUT2D eigenvalue weighted by molar-refractivity contribution is 5.78. The Morgan fingerprint density at radius 2 is 1.35 bits per heavy atom. The fraction of sp³-hybridized carbons (Fsp3) is 0.538. The van der Waals surface area contributed by atoms with Crippen LogP contribution in [-0.4, -0.2) is 27.9 Å². The molecule has 2 atom stereocenters. The molecule has 0 aliphatic carbocycles. The Morgan fingerprint density at radius 1 is 0.913 bits per heavy atom. The van der Waals surface area contributed by atoms with Crippen molar-refractivity contribution in [1.82, 2.24) is 0 Å². The molecule has 0 bridgehead atoms. The molecular weight excluding hydrogens is 308 g/mol. The van der Waals surface area contributed by atoms with Crippen molar-refractivity contribution in [3.8, 4) is 0 Å². The molecule has 10 nitrogen and oxygen atoms in total. The van der Waals surface area contributed by atoms with E-state index in [-0.39, 0.29) is 17.5 Å². The van der Waals surface area contributed by atoms with E-state index < -0.39 is 31.8 Å². The van der Waals surface area contributed by atoms with Crippen LogP contribution in [0.5, 0.6) is 0 Å². The van der Waals surface area contributed by atoms with Crippen LogP contribution in [0.3, 0.4) is 0 Å². The van der Waals surface area contributed by atoms with Gasteiger partial charge in [0.1, 0.15) is 0 Å². The van der Waals surface area contributed by atoms with Gasteiger partial charge in [-0.1, -0.05) is 13.8 Å². The zero-order valence-corrected chi connectivity index (χ0v) is 12.7. The van der Waals surface area contributed by atoms with Crippen LogP contribution >= 0.6 is 0 Å². The number of hydrogen-bond donors (Lipinski definition) is 0. The van der Waals surface area contributed by atoms with Crippen LogP contribution < -0.4 is 4.90 Å². The Bertz CT molecular complexity index is 631. The average Bonchev–Trinajstić information content (AvgIpc) is 2.44. The van der Waals surface area contributed by atoms with Crippen molar-refractivity contribution in [2.45, 2.75) is 20.3 Å². The van der Waals surface area contributed by atoms with Crippen LogP contribution in [0.1, 0.15) is 20.3 Å². The minimum absolute atomic E-state index is 0.149. The SMILES string of the molecule is C[C@@H]1C[C@@H](C)CN(c2c([N+](=O)[O-])cc([N+](=O)[O-])cc2[N+](=O)[O-])C1. The first-order chi connectivity index (χ1) is 10.7. The molecular formula is C13H16N4O6. The van der Waals surface area contributed by atoms with Gasteiger partial charge in [-0.3, -0.25) is 30.3 Å². The summed E-state index contributed by atoms with van der Waals surface area (Å²) in [5.41, 5.74) is -2.02. The molecule has 1 aliphatic rings.